The molecule has 2 amide bonds. The minimum absolute atomic E-state index is 0.156. The molecular weight excluding hydrogens is 430 g/mol. The van der Waals surface area contributed by atoms with Crippen LogP contribution in [0.15, 0.2) is 59.5 Å². The zero-order valence-electron chi connectivity index (χ0n) is 18.5. The van der Waals surface area contributed by atoms with E-state index in [1.54, 1.807) is 47.4 Å². The Kier molecular flexibility index (Phi) is 7.08. The summed E-state index contributed by atoms with van der Waals surface area (Å²) >= 11 is 0. The SMILES string of the molecule is CC(C)(C)OC(=O)N1CCC(C(=O)Nc2cccc(NS(=O)(=O)c3ccccc3)c2)CC1. The molecule has 172 valence electrons. The van der Waals surface area contributed by atoms with Crippen LogP contribution in [-0.2, 0) is 19.6 Å². The molecule has 3 rings (SSSR count). The largest absolute Gasteiger partial charge is 0.444 e. The van der Waals surface area contributed by atoms with Gasteiger partial charge < -0.3 is 15.0 Å². The fraction of sp³-hybridized carbons (Fsp3) is 0.391. The Morgan fingerprint density at radius 3 is 2.22 bits per heavy atom. The number of benzene rings is 2. The molecule has 32 heavy (non-hydrogen) atoms. The van der Waals surface area contributed by atoms with E-state index in [4.69, 9.17) is 4.74 Å². The third-order valence-corrected chi connectivity index (χ3v) is 6.35. The molecule has 1 aliphatic rings. The number of anilines is 2. The number of hydrogen-bond donors (Lipinski definition) is 2. The first-order valence-electron chi connectivity index (χ1n) is 10.5. The zero-order valence-corrected chi connectivity index (χ0v) is 19.3. The van der Waals surface area contributed by atoms with Crippen LogP contribution in [-0.4, -0.2) is 44.0 Å². The summed E-state index contributed by atoms with van der Waals surface area (Å²) in [5.41, 5.74) is 0.294. The van der Waals surface area contributed by atoms with Crippen molar-refractivity contribution in [1.82, 2.24) is 4.90 Å². The van der Waals surface area contributed by atoms with Gasteiger partial charge in [-0.15, -0.1) is 0 Å². The molecule has 2 aromatic carbocycles. The summed E-state index contributed by atoms with van der Waals surface area (Å²) in [6.07, 6.45) is 0.700. The fourth-order valence-corrected chi connectivity index (χ4v) is 4.44. The van der Waals surface area contributed by atoms with E-state index in [9.17, 15) is 18.0 Å². The van der Waals surface area contributed by atoms with Crippen LogP contribution in [0.5, 0.6) is 0 Å². The predicted molar refractivity (Wildman–Crippen MR) is 123 cm³/mol. The summed E-state index contributed by atoms with van der Waals surface area (Å²) in [5, 5.41) is 2.85. The van der Waals surface area contributed by atoms with Gasteiger partial charge >= 0.3 is 6.09 Å². The van der Waals surface area contributed by atoms with Crippen LogP contribution < -0.4 is 10.0 Å². The Hall–Kier alpha value is -3.07. The normalized spacial score (nSPS) is 15.2. The van der Waals surface area contributed by atoms with Crippen LogP contribution >= 0.6 is 0 Å². The molecular formula is C23H29N3O5S. The van der Waals surface area contributed by atoms with E-state index < -0.39 is 15.6 Å². The van der Waals surface area contributed by atoms with Gasteiger partial charge in [-0.2, -0.15) is 0 Å². The molecule has 8 nitrogen and oxygen atoms in total. The van der Waals surface area contributed by atoms with Crippen molar-refractivity contribution in [3.8, 4) is 0 Å². The van der Waals surface area contributed by atoms with Gasteiger partial charge in [0.2, 0.25) is 5.91 Å². The molecule has 1 aliphatic heterocycles. The van der Waals surface area contributed by atoms with Crippen molar-refractivity contribution in [3.63, 3.8) is 0 Å². The maximum absolute atomic E-state index is 12.7. The van der Waals surface area contributed by atoms with E-state index >= 15 is 0 Å². The number of likely N-dealkylation sites (tertiary alicyclic amines) is 1. The molecule has 0 saturated carbocycles. The van der Waals surface area contributed by atoms with E-state index in [0.29, 0.717) is 37.3 Å². The number of amides is 2. The van der Waals surface area contributed by atoms with Gasteiger partial charge in [0, 0.05) is 24.7 Å². The number of rotatable bonds is 5. The molecule has 1 heterocycles. The van der Waals surface area contributed by atoms with E-state index in [1.807, 2.05) is 20.8 Å². The maximum atomic E-state index is 12.7. The molecule has 0 aliphatic carbocycles. The van der Waals surface area contributed by atoms with Gasteiger partial charge in [-0.05, 0) is 63.9 Å². The van der Waals surface area contributed by atoms with Crippen molar-refractivity contribution >= 4 is 33.4 Å². The quantitative estimate of drug-likeness (QED) is 0.701. The summed E-state index contributed by atoms with van der Waals surface area (Å²) in [6.45, 7) is 6.35. The van der Waals surface area contributed by atoms with Crippen molar-refractivity contribution in [3.05, 3.63) is 54.6 Å². The summed E-state index contributed by atoms with van der Waals surface area (Å²) in [4.78, 5) is 26.7. The fourth-order valence-electron chi connectivity index (χ4n) is 3.37. The summed E-state index contributed by atoms with van der Waals surface area (Å²) in [6, 6.07) is 14.6. The van der Waals surface area contributed by atoms with Gasteiger partial charge in [-0.1, -0.05) is 24.3 Å². The summed E-state index contributed by atoms with van der Waals surface area (Å²) in [5.74, 6) is -0.393. The highest BCUT2D eigenvalue weighted by atomic mass is 32.2. The number of carbonyl (C=O) groups is 2. The Morgan fingerprint density at radius 1 is 0.969 bits per heavy atom. The zero-order chi connectivity index (χ0) is 23.4. The number of sulfonamides is 1. The number of hydrogen-bond acceptors (Lipinski definition) is 5. The van der Waals surface area contributed by atoms with Crippen LogP contribution in [0.25, 0.3) is 0 Å². The van der Waals surface area contributed by atoms with Crippen LogP contribution in [0, 0.1) is 5.92 Å². The highest BCUT2D eigenvalue weighted by Crippen LogP contribution is 2.23. The van der Waals surface area contributed by atoms with Gasteiger partial charge in [0.15, 0.2) is 0 Å². The lowest BCUT2D eigenvalue weighted by molar-refractivity contribution is -0.121. The molecule has 0 spiro atoms. The van der Waals surface area contributed by atoms with Crippen molar-refractivity contribution in [2.45, 2.75) is 44.1 Å². The molecule has 0 radical (unpaired) electrons. The molecule has 9 heteroatoms. The highest BCUT2D eigenvalue weighted by Gasteiger charge is 2.30. The maximum Gasteiger partial charge on any atom is 0.410 e. The van der Waals surface area contributed by atoms with Crippen molar-refractivity contribution in [2.24, 2.45) is 5.92 Å². The van der Waals surface area contributed by atoms with Crippen LogP contribution in [0.2, 0.25) is 0 Å². The standard InChI is InChI=1S/C23H29N3O5S/c1-23(2,3)31-22(28)26-14-12-17(13-15-26)21(27)24-18-8-7-9-19(16-18)25-32(29,30)20-10-5-4-6-11-20/h4-11,16-17,25H,12-15H2,1-3H3,(H,24,27). The molecule has 2 aromatic rings. The Balaban J connectivity index is 1.57. The average Bonchev–Trinajstić information content (AvgIpc) is 2.73. The second-order valence-electron chi connectivity index (χ2n) is 8.73. The lowest BCUT2D eigenvalue weighted by Gasteiger charge is -2.32. The van der Waals surface area contributed by atoms with Crippen LogP contribution in [0.4, 0.5) is 16.2 Å². The number of nitrogens with one attached hydrogen (secondary N) is 2. The molecule has 1 fully saturated rings. The smallest absolute Gasteiger partial charge is 0.410 e. The first-order chi connectivity index (χ1) is 15.0. The Labute approximate surface area is 189 Å². The minimum atomic E-state index is -3.72. The number of nitrogens with zero attached hydrogens (tertiary/aromatic N) is 1. The predicted octanol–water partition coefficient (Wildman–Crippen LogP) is 4.07. The topological polar surface area (TPSA) is 105 Å². The van der Waals surface area contributed by atoms with E-state index in [1.165, 1.54) is 12.1 Å². The first-order valence-corrected chi connectivity index (χ1v) is 12.0. The summed E-state index contributed by atoms with van der Waals surface area (Å²) in [7, 11) is -3.72. The number of piperidine rings is 1. The van der Waals surface area contributed by atoms with Crippen molar-refractivity contribution < 1.29 is 22.7 Å². The van der Waals surface area contributed by atoms with Crippen molar-refractivity contribution in [2.75, 3.05) is 23.1 Å². The minimum Gasteiger partial charge on any atom is -0.444 e. The van der Waals surface area contributed by atoms with Gasteiger partial charge in [0.25, 0.3) is 10.0 Å². The second-order valence-corrected chi connectivity index (χ2v) is 10.4. The number of carbonyl (C=O) groups excluding carboxylic acids is 2. The first kappa shape index (κ1) is 23.6. The molecule has 2 N–H and O–H groups in total. The Morgan fingerprint density at radius 2 is 1.59 bits per heavy atom. The number of ether oxygens (including phenoxy) is 1. The average molecular weight is 460 g/mol. The molecule has 0 atom stereocenters. The molecule has 0 aromatic heterocycles. The monoisotopic (exact) mass is 459 g/mol. The highest BCUT2D eigenvalue weighted by molar-refractivity contribution is 7.92. The molecule has 1 saturated heterocycles. The molecule has 0 unspecified atom stereocenters. The van der Waals surface area contributed by atoms with Gasteiger partial charge in [0.1, 0.15) is 5.60 Å². The van der Waals surface area contributed by atoms with E-state index in [2.05, 4.69) is 10.0 Å². The van der Waals surface area contributed by atoms with Crippen LogP contribution in [0.1, 0.15) is 33.6 Å². The second kappa shape index (κ2) is 9.60. The van der Waals surface area contributed by atoms with E-state index in [0.717, 1.165) is 0 Å². The third-order valence-electron chi connectivity index (χ3n) is 4.95. The van der Waals surface area contributed by atoms with Crippen molar-refractivity contribution in [1.29, 1.82) is 0 Å². The van der Waals surface area contributed by atoms with Gasteiger partial charge in [-0.3, -0.25) is 9.52 Å². The van der Waals surface area contributed by atoms with Gasteiger partial charge in [-0.25, -0.2) is 13.2 Å². The van der Waals surface area contributed by atoms with E-state index in [-0.39, 0.29) is 22.8 Å². The van der Waals surface area contributed by atoms with Crippen LogP contribution in [0.3, 0.4) is 0 Å². The lowest BCUT2D eigenvalue weighted by atomic mass is 9.96. The lowest BCUT2D eigenvalue weighted by Crippen LogP contribution is -2.43. The summed E-state index contributed by atoms with van der Waals surface area (Å²) < 4.78 is 32.9. The third kappa shape index (κ3) is 6.46. The molecule has 0 bridgehead atoms. The van der Waals surface area contributed by atoms with Gasteiger partial charge in [0.05, 0.1) is 10.6 Å². The Bertz CT molecular complexity index is 1060.